The van der Waals surface area contributed by atoms with Crippen LogP contribution in [0.5, 0.6) is 0 Å². The summed E-state index contributed by atoms with van der Waals surface area (Å²) in [4.78, 5) is 16.2. The number of pyridine rings is 1. The van der Waals surface area contributed by atoms with Gasteiger partial charge in [0.15, 0.2) is 5.82 Å². The number of nitrogens with zero attached hydrogens (tertiary/aromatic N) is 5. The lowest BCUT2D eigenvalue weighted by Gasteiger charge is -2.28. The average molecular weight is 444 g/mol. The van der Waals surface area contributed by atoms with Gasteiger partial charge >= 0.3 is 0 Å². The SMILES string of the molecule is Cc1cc(CN2CCc3nc(-c4ccc(Cl)cc4)ncc3C2)c(C)n1Cc1cccnc1. The zero-order chi connectivity index (χ0) is 22.1. The Bertz CT molecular complexity index is 1230. The van der Waals surface area contributed by atoms with Crippen LogP contribution in [0.4, 0.5) is 0 Å². The number of hydrogen-bond donors (Lipinski definition) is 0. The molecule has 0 atom stereocenters. The first kappa shape index (κ1) is 20.9. The van der Waals surface area contributed by atoms with Gasteiger partial charge in [0.2, 0.25) is 0 Å². The molecule has 0 bridgehead atoms. The van der Waals surface area contributed by atoms with E-state index in [9.17, 15) is 0 Å². The minimum atomic E-state index is 0.724. The number of halogens is 1. The van der Waals surface area contributed by atoms with Gasteiger partial charge in [0, 0.05) is 78.7 Å². The highest BCUT2D eigenvalue weighted by molar-refractivity contribution is 6.30. The van der Waals surface area contributed by atoms with Crippen LogP contribution in [0.15, 0.2) is 61.1 Å². The molecular formula is C26H26ClN5. The largest absolute Gasteiger partial charge is 0.344 e. The van der Waals surface area contributed by atoms with Crippen molar-refractivity contribution in [3.8, 4) is 11.4 Å². The molecule has 0 spiro atoms. The van der Waals surface area contributed by atoms with Crippen LogP contribution in [0.25, 0.3) is 11.4 Å². The molecule has 162 valence electrons. The van der Waals surface area contributed by atoms with E-state index in [1.54, 1.807) is 0 Å². The summed E-state index contributed by atoms with van der Waals surface area (Å²) in [5.41, 5.74) is 8.60. The lowest BCUT2D eigenvalue weighted by atomic mass is 10.1. The number of aryl methyl sites for hydroxylation is 1. The van der Waals surface area contributed by atoms with Crippen LogP contribution in [-0.2, 0) is 26.1 Å². The maximum Gasteiger partial charge on any atom is 0.159 e. The van der Waals surface area contributed by atoms with Gasteiger partial charge in [0.1, 0.15) is 0 Å². The van der Waals surface area contributed by atoms with Gasteiger partial charge in [0.25, 0.3) is 0 Å². The second kappa shape index (κ2) is 8.85. The normalized spacial score (nSPS) is 13.8. The highest BCUT2D eigenvalue weighted by Crippen LogP contribution is 2.25. The molecule has 1 aromatic carbocycles. The highest BCUT2D eigenvalue weighted by Gasteiger charge is 2.21. The van der Waals surface area contributed by atoms with E-state index >= 15 is 0 Å². The standard InChI is InChI=1S/C26H26ClN5/c1-18-12-22(19(2)32(18)15-20-4-3-10-28-13-20)16-31-11-9-25-23(17-31)14-29-26(30-25)21-5-7-24(27)8-6-21/h3-8,10,12-14H,9,11,15-17H2,1-2H3. The molecule has 3 aromatic heterocycles. The van der Waals surface area contributed by atoms with Crippen LogP contribution >= 0.6 is 11.6 Å². The third-order valence-corrected chi connectivity index (χ3v) is 6.50. The lowest BCUT2D eigenvalue weighted by Crippen LogP contribution is -2.31. The molecule has 5 nitrogen and oxygen atoms in total. The Morgan fingerprint density at radius 1 is 1.03 bits per heavy atom. The van der Waals surface area contributed by atoms with Crippen molar-refractivity contribution in [3.63, 3.8) is 0 Å². The van der Waals surface area contributed by atoms with Crippen molar-refractivity contribution in [2.24, 2.45) is 0 Å². The van der Waals surface area contributed by atoms with Crippen molar-refractivity contribution >= 4 is 11.6 Å². The molecule has 1 aliphatic heterocycles. The maximum atomic E-state index is 6.01. The van der Waals surface area contributed by atoms with E-state index in [0.717, 1.165) is 54.7 Å². The van der Waals surface area contributed by atoms with E-state index in [-0.39, 0.29) is 0 Å². The molecule has 6 heteroatoms. The number of rotatable bonds is 5. The second-order valence-corrected chi connectivity index (χ2v) is 8.91. The van der Waals surface area contributed by atoms with Gasteiger partial charge in [-0.15, -0.1) is 0 Å². The van der Waals surface area contributed by atoms with E-state index in [4.69, 9.17) is 16.6 Å². The van der Waals surface area contributed by atoms with Gasteiger partial charge in [0.05, 0.1) is 5.69 Å². The first-order valence-corrected chi connectivity index (χ1v) is 11.3. The van der Waals surface area contributed by atoms with Crippen LogP contribution in [0.2, 0.25) is 5.02 Å². The molecule has 0 amide bonds. The van der Waals surface area contributed by atoms with Crippen LogP contribution in [0.3, 0.4) is 0 Å². The van der Waals surface area contributed by atoms with Crippen LogP contribution in [0, 0.1) is 13.8 Å². The zero-order valence-electron chi connectivity index (χ0n) is 18.4. The second-order valence-electron chi connectivity index (χ2n) is 8.48. The van der Waals surface area contributed by atoms with Crippen molar-refractivity contribution in [3.05, 3.63) is 99.8 Å². The molecule has 0 N–H and O–H groups in total. The predicted octanol–water partition coefficient (Wildman–Crippen LogP) is 5.22. The summed E-state index contributed by atoms with van der Waals surface area (Å²) in [6, 6.07) is 14.2. The molecule has 0 fully saturated rings. The van der Waals surface area contributed by atoms with Crippen molar-refractivity contribution in [2.75, 3.05) is 6.54 Å². The van der Waals surface area contributed by atoms with Crippen molar-refractivity contribution in [2.45, 2.75) is 39.9 Å². The number of fused-ring (bicyclic) bond motifs is 1. The summed E-state index contributed by atoms with van der Waals surface area (Å²) in [5, 5.41) is 0.724. The molecule has 0 saturated carbocycles. The van der Waals surface area contributed by atoms with Crippen molar-refractivity contribution in [1.82, 2.24) is 24.4 Å². The summed E-state index contributed by atoms with van der Waals surface area (Å²) in [5.74, 6) is 0.771. The lowest BCUT2D eigenvalue weighted by molar-refractivity contribution is 0.242. The van der Waals surface area contributed by atoms with Gasteiger partial charge in [-0.1, -0.05) is 17.7 Å². The first-order valence-electron chi connectivity index (χ1n) is 10.9. The van der Waals surface area contributed by atoms with Gasteiger partial charge in [-0.2, -0.15) is 0 Å². The Hall–Kier alpha value is -3.02. The third kappa shape index (κ3) is 4.31. The Labute approximate surface area is 193 Å². The monoisotopic (exact) mass is 443 g/mol. The summed E-state index contributed by atoms with van der Waals surface area (Å²) < 4.78 is 2.38. The zero-order valence-corrected chi connectivity index (χ0v) is 19.2. The molecule has 32 heavy (non-hydrogen) atoms. The number of hydrogen-bond acceptors (Lipinski definition) is 4. The quantitative estimate of drug-likeness (QED) is 0.424. The maximum absolute atomic E-state index is 6.01. The fourth-order valence-electron chi connectivity index (χ4n) is 4.44. The summed E-state index contributed by atoms with van der Waals surface area (Å²) in [6.45, 7) is 8.07. The molecule has 0 unspecified atom stereocenters. The van der Waals surface area contributed by atoms with Crippen LogP contribution in [0.1, 0.15) is 33.8 Å². The fraction of sp³-hybridized carbons (Fsp3) is 0.269. The molecular weight excluding hydrogens is 418 g/mol. The Kier molecular flexibility index (Phi) is 5.77. The van der Waals surface area contributed by atoms with Gasteiger partial charge in [-0.05, 0) is 61.4 Å². The van der Waals surface area contributed by atoms with E-state index in [1.165, 1.54) is 28.1 Å². The molecule has 1 aliphatic rings. The summed E-state index contributed by atoms with van der Waals surface area (Å²) in [6.07, 6.45) is 6.69. The van der Waals surface area contributed by atoms with Crippen LogP contribution in [-0.4, -0.2) is 31.0 Å². The minimum Gasteiger partial charge on any atom is -0.344 e. The smallest absolute Gasteiger partial charge is 0.159 e. The van der Waals surface area contributed by atoms with Crippen LogP contribution < -0.4 is 0 Å². The third-order valence-electron chi connectivity index (χ3n) is 6.25. The Morgan fingerprint density at radius 2 is 1.88 bits per heavy atom. The van der Waals surface area contributed by atoms with Gasteiger partial charge < -0.3 is 4.57 Å². The summed E-state index contributed by atoms with van der Waals surface area (Å²) >= 11 is 6.01. The molecule has 0 saturated heterocycles. The van der Waals surface area contributed by atoms with E-state index < -0.39 is 0 Å². The molecule has 0 radical (unpaired) electrons. The number of aromatic nitrogens is 4. The average Bonchev–Trinajstić information content (AvgIpc) is 3.07. The summed E-state index contributed by atoms with van der Waals surface area (Å²) in [7, 11) is 0. The fourth-order valence-corrected chi connectivity index (χ4v) is 4.56. The van der Waals surface area contributed by atoms with E-state index in [2.05, 4.69) is 45.4 Å². The van der Waals surface area contributed by atoms with Gasteiger partial charge in [-0.25, -0.2) is 9.97 Å². The Balaban J connectivity index is 1.30. The minimum absolute atomic E-state index is 0.724. The van der Waals surface area contributed by atoms with E-state index in [1.807, 2.05) is 48.9 Å². The highest BCUT2D eigenvalue weighted by atomic mass is 35.5. The first-order chi connectivity index (χ1) is 15.6. The Morgan fingerprint density at radius 3 is 2.66 bits per heavy atom. The molecule has 5 rings (SSSR count). The number of benzene rings is 1. The molecule has 0 aliphatic carbocycles. The van der Waals surface area contributed by atoms with Crippen molar-refractivity contribution in [1.29, 1.82) is 0 Å². The molecule has 4 aromatic rings. The topological polar surface area (TPSA) is 46.8 Å². The predicted molar refractivity (Wildman–Crippen MR) is 128 cm³/mol. The molecule has 4 heterocycles. The van der Waals surface area contributed by atoms with Gasteiger partial charge in [-0.3, -0.25) is 9.88 Å². The van der Waals surface area contributed by atoms with Crippen molar-refractivity contribution < 1.29 is 0 Å². The van der Waals surface area contributed by atoms with E-state index in [0.29, 0.717) is 0 Å².